The number of nitrogens with zero attached hydrogens (tertiary/aromatic N) is 4. The lowest BCUT2D eigenvalue weighted by molar-refractivity contribution is 0.331. The van der Waals surface area contributed by atoms with Gasteiger partial charge in [0.1, 0.15) is 17.3 Å². The van der Waals surface area contributed by atoms with Crippen molar-refractivity contribution >= 4 is 11.1 Å². The number of benzene rings is 3. The molecule has 2 aliphatic rings. The van der Waals surface area contributed by atoms with Gasteiger partial charge in [-0.1, -0.05) is 24.3 Å². The maximum Gasteiger partial charge on any atom is 0.227 e. The minimum atomic E-state index is 0.533. The second-order valence-corrected chi connectivity index (χ2v) is 10.9. The van der Waals surface area contributed by atoms with Gasteiger partial charge in [0.05, 0.1) is 11.3 Å². The van der Waals surface area contributed by atoms with Crippen LogP contribution in [0.2, 0.25) is 0 Å². The van der Waals surface area contributed by atoms with Gasteiger partial charge in [-0.15, -0.1) is 0 Å². The molecule has 40 heavy (non-hydrogen) atoms. The third-order valence-corrected chi connectivity index (χ3v) is 8.29. The molecule has 3 aromatic carbocycles. The quantitative estimate of drug-likeness (QED) is 0.276. The highest BCUT2D eigenvalue weighted by molar-refractivity contribution is 5.85. The Labute approximate surface area is 233 Å². The maximum absolute atomic E-state index is 9.88. The second-order valence-electron chi connectivity index (χ2n) is 10.9. The SMILES string of the molecule is Cc1c(-c2nc3c(o2)CCNC3)cccc1-c1cccc(-c2nc3cc(CN4CCCC4)cc(C#N)c3o2)c1C. The van der Waals surface area contributed by atoms with Gasteiger partial charge in [-0.2, -0.15) is 5.26 Å². The number of hydrogen-bond acceptors (Lipinski definition) is 7. The number of nitriles is 1. The summed E-state index contributed by atoms with van der Waals surface area (Å²) in [7, 11) is 0. The van der Waals surface area contributed by atoms with E-state index in [-0.39, 0.29) is 0 Å². The van der Waals surface area contributed by atoms with E-state index in [0.717, 1.165) is 95.1 Å². The topological polar surface area (TPSA) is 91.1 Å². The summed E-state index contributed by atoms with van der Waals surface area (Å²) in [5.41, 5.74) is 10.2. The van der Waals surface area contributed by atoms with Crippen LogP contribution in [0.5, 0.6) is 0 Å². The van der Waals surface area contributed by atoms with E-state index in [2.05, 4.69) is 60.5 Å². The molecule has 5 aromatic rings. The summed E-state index contributed by atoms with van der Waals surface area (Å²) in [5, 5.41) is 13.2. The largest absolute Gasteiger partial charge is 0.441 e. The van der Waals surface area contributed by atoms with Gasteiger partial charge < -0.3 is 14.2 Å². The minimum absolute atomic E-state index is 0.533. The van der Waals surface area contributed by atoms with Crippen LogP contribution in [0, 0.1) is 25.2 Å². The van der Waals surface area contributed by atoms with E-state index in [1.807, 2.05) is 18.2 Å². The number of oxazole rings is 2. The Bertz CT molecular complexity index is 1760. The Hall–Kier alpha value is -4.25. The average Bonchev–Trinajstić information content (AvgIpc) is 3.73. The van der Waals surface area contributed by atoms with Crippen LogP contribution in [0.1, 0.15) is 46.5 Å². The molecule has 2 aliphatic heterocycles. The molecule has 0 saturated carbocycles. The van der Waals surface area contributed by atoms with Gasteiger partial charge in [0.15, 0.2) is 5.58 Å². The van der Waals surface area contributed by atoms with Crippen molar-refractivity contribution in [3.8, 4) is 40.1 Å². The number of rotatable bonds is 5. The van der Waals surface area contributed by atoms with Gasteiger partial charge in [-0.25, -0.2) is 9.97 Å². The number of hydrogen-bond donors (Lipinski definition) is 1. The lowest BCUT2D eigenvalue weighted by Crippen LogP contribution is -2.22. The fourth-order valence-electron chi connectivity index (χ4n) is 6.14. The first-order chi connectivity index (χ1) is 19.6. The summed E-state index contributed by atoms with van der Waals surface area (Å²) in [6.45, 7) is 8.93. The van der Waals surface area contributed by atoms with Crippen LogP contribution in [-0.4, -0.2) is 34.5 Å². The standard InChI is InChI=1S/C33H31N5O2/c1-20-24(7-5-9-26(20)32-37-29-18-35-12-11-30(29)39-32)25-8-6-10-27(21(25)2)33-36-28-16-22(19-38-13-3-4-14-38)15-23(17-34)31(28)40-33/h5-10,15-16,35H,3-4,11-14,18-19H2,1-2H3. The summed E-state index contributed by atoms with van der Waals surface area (Å²) in [6, 6.07) is 18.8. The Morgan fingerprint density at radius 3 is 2.25 bits per heavy atom. The molecule has 0 amide bonds. The molecule has 0 atom stereocenters. The van der Waals surface area contributed by atoms with Gasteiger partial charge in [-0.3, -0.25) is 4.90 Å². The fraction of sp³-hybridized carbons (Fsp3) is 0.303. The van der Waals surface area contributed by atoms with Crippen LogP contribution in [-0.2, 0) is 19.5 Å². The van der Waals surface area contributed by atoms with Gasteiger partial charge in [-0.05, 0) is 91.9 Å². The van der Waals surface area contributed by atoms with E-state index in [1.165, 1.54) is 12.8 Å². The molecule has 1 N–H and O–H groups in total. The summed E-state index contributed by atoms with van der Waals surface area (Å²) >= 11 is 0. The average molecular weight is 530 g/mol. The molecular formula is C33H31N5O2. The number of aromatic nitrogens is 2. The van der Waals surface area contributed by atoms with Gasteiger partial charge >= 0.3 is 0 Å². The number of likely N-dealkylation sites (tertiary alicyclic amines) is 1. The molecule has 7 rings (SSSR count). The van der Waals surface area contributed by atoms with Gasteiger partial charge in [0.25, 0.3) is 0 Å². The van der Waals surface area contributed by atoms with E-state index < -0.39 is 0 Å². The van der Waals surface area contributed by atoms with E-state index in [1.54, 1.807) is 0 Å². The van der Waals surface area contributed by atoms with E-state index in [4.69, 9.17) is 18.8 Å². The van der Waals surface area contributed by atoms with E-state index in [9.17, 15) is 5.26 Å². The van der Waals surface area contributed by atoms with E-state index >= 15 is 0 Å². The van der Waals surface area contributed by atoms with Crippen molar-refractivity contribution in [1.82, 2.24) is 20.2 Å². The molecule has 7 nitrogen and oxygen atoms in total. The monoisotopic (exact) mass is 529 g/mol. The second kappa shape index (κ2) is 10.1. The Balaban J connectivity index is 1.27. The number of fused-ring (bicyclic) bond motifs is 2. The third-order valence-electron chi connectivity index (χ3n) is 8.29. The summed E-state index contributed by atoms with van der Waals surface area (Å²) in [4.78, 5) is 12.1. The van der Waals surface area contributed by atoms with Crippen molar-refractivity contribution in [3.63, 3.8) is 0 Å². The van der Waals surface area contributed by atoms with E-state index in [0.29, 0.717) is 22.9 Å². The van der Waals surface area contributed by atoms with Crippen molar-refractivity contribution < 1.29 is 8.83 Å². The third kappa shape index (κ3) is 4.30. The Morgan fingerprint density at radius 2 is 1.57 bits per heavy atom. The fourth-order valence-corrected chi connectivity index (χ4v) is 6.14. The molecule has 1 fully saturated rings. The van der Waals surface area contributed by atoms with Crippen LogP contribution in [0.4, 0.5) is 0 Å². The predicted octanol–water partition coefficient (Wildman–Crippen LogP) is 6.55. The smallest absolute Gasteiger partial charge is 0.227 e. The molecule has 0 aliphatic carbocycles. The first-order valence-corrected chi connectivity index (χ1v) is 14.0. The molecule has 4 heterocycles. The first kappa shape index (κ1) is 24.8. The minimum Gasteiger partial charge on any atom is -0.441 e. The predicted molar refractivity (Wildman–Crippen MR) is 154 cm³/mol. The highest BCUT2D eigenvalue weighted by atomic mass is 16.4. The summed E-state index contributed by atoms with van der Waals surface area (Å²) in [6.07, 6.45) is 3.33. The van der Waals surface area contributed by atoms with Crippen molar-refractivity contribution in [2.75, 3.05) is 19.6 Å². The molecule has 0 unspecified atom stereocenters. The highest BCUT2D eigenvalue weighted by Crippen LogP contribution is 2.38. The van der Waals surface area contributed by atoms with Crippen LogP contribution in [0.15, 0.2) is 57.4 Å². The summed E-state index contributed by atoms with van der Waals surface area (Å²) in [5.74, 6) is 2.19. The molecular weight excluding hydrogens is 498 g/mol. The van der Waals surface area contributed by atoms with Crippen LogP contribution < -0.4 is 5.32 Å². The Morgan fingerprint density at radius 1 is 0.900 bits per heavy atom. The zero-order valence-electron chi connectivity index (χ0n) is 22.9. The summed E-state index contributed by atoms with van der Waals surface area (Å²) < 4.78 is 12.5. The highest BCUT2D eigenvalue weighted by Gasteiger charge is 2.22. The number of nitrogens with one attached hydrogen (secondary N) is 1. The lowest BCUT2D eigenvalue weighted by Gasteiger charge is -2.14. The molecule has 0 radical (unpaired) electrons. The van der Waals surface area contributed by atoms with Crippen LogP contribution in [0.3, 0.4) is 0 Å². The first-order valence-electron chi connectivity index (χ1n) is 14.0. The van der Waals surface area contributed by atoms with Gasteiger partial charge in [0, 0.05) is 37.2 Å². The van der Waals surface area contributed by atoms with Crippen molar-refractivity contribution in [2.24, 2.45) is 0 Å². The van der Waals surface area contributed by atoms with Crippen molar-refractivity contribution in [2.45, 2.75) is 46.2 Å². The normalized spacial score (nSPS) is 15.4. The molecule has 0 bridgehead atoms. The molecule has 200 valence electrons. The Kier molecular flexibility index (Phi) is 6.22. The van der Waals surface area contributed by atoms with Crippen LogP contribution in [0.25, 0.3) is 45.1 Å². The van der Waals surface area contributed by atoms with Crippen LogP contribution >= 0.6 is 0 Å². The lowest BCUT2D eigenvalue weighted by atomic mass is 9.91. The van der Waals surface area contributed by atoms with Crippen molar-refractivity contribution in [1.29, 1.82) is 5.26 Å². The molecule has 2 aromatic heterocycles. The maximum atomic E-state index is 9.88. The zero-order valence-corrected chi connectivity index (χ0v) is 22.9. The molecule has 7 heteroatoms. The van der Waals surface area contributed by atoms with Gasteiger partial charge in [0.2, 0.25) is 11.8 Å². The zero-order chi connectivity index (χ0) is 27.2. The van der Waals surface area contributed by atoms with Crippen molar-refractivity contribution in [3.05, 3.63) is 82.2 Å². The molecule has 1 saturated heterocycles. The molecule has 0 spiro atoms.